The number of nitrogens with one attached hydrogen (secondary N) is 1. The minimum atomic E-state index is -3.45. The highest BCUT2D eigenvalue weighted by atomic mass is 35.5. The lowest BCUT2D eigenvalue weighted by Gasteiger charge is -2.14. The van der Waals surface area contributed by atoms with E-state index in [-0.39, 0.29) is 6.54 Å². The zero-order valence-corrected chi connectivity index (χ0v) is 11.5. The molecule has 1 N–H and O–H groups in total. The van der Waals surface area contributed by atoms with E-state index in [4.69, 9.17) is 16.3 Å². The summed E-state index contributed by atoms with van der Waals surface area (Å²) >= 11 is 5.84. The number of benzene rings is 1. The van der Waals surface area contributed by atoms with E-state index in [2.05, 4.69) is 4.72 Å². The van der Waals surface area contributed by atoms with Crippen molar-refractivity contribution in [3.63, 3.8) is 0 Å². The number of ether oxygens (including phenoxy) is 1. The molecule has 0 aliphatic rings. The molecule has 0 aliphatic heterocycles. The summed E-state index contributed by atoms with van der Waals surface area (Å²) in [5, 5.41) is 0.532. The minimum Gasteiger partial charge on any atom is -0.496 e. The summed E-state index contributed by atoms with van der Waals surface area (Å²) in [7, 11) is 0.983. The van der Waals surface area contributed by atoms with Crippen LogP contribution in [0.4, 0.5) is 0 Å². The van der Waals surface area contributed by atoms with E-state index < -0.39 is 10.2 Å². The lowest BCUT2D eigenvalue weighted by atomic mass is 10.2. The van der Waals surface area contributed by atoms with Crippen molar-refractivity contribution in [2.75, 3.05) is 21.2 Å². The second-order valence-corrected chi connectivity index (χ2v) is 5.97. The highest BCUT2D eigenvalue weighted by Crippen LogP contribution is 2.22. The van der Waals surface area contributed by atoms with Gasteiger partial charge in [0.25, 0.3) is 10.2 Å². The Morgan fingerprint density at radius 2 is 2.06 bits per heavy atom. The van der Waals surface area contributed by atoms with Crippen LogP contribution in [0.15, 0.2) is 18.2 Å². The van der Waals surface area contributed by atoms with Crippen LogP contribution in [0.5, 0.6) is 5.75 Å². The Balaban J connectivity index is 2.86. The fraction of sp³-hybridized carbons (Fsp3) is 0.400. The van der Waals surface area contributed by atoms with Gasteiger partial charge in [-0.25, -0.2) is 0 Å². The maximum absolute atomic E-state index is 11.5. The van der Waals surface area contributed by atoms with Crippen molar-refractivity contribution < 1.29 is 13.2 Å². The van der Waals surface area contributed by atoms with Gasteiger partial charge in [0, 0.05) is 31.2 Å². The smallest absolute Gasteiger partial charge is 0.279 e. The van der Waals surface area contributed by atoms with E-state index in [0.717, 1.165) is 4.31 Å². The van der Waals surface area contributed by atoms with E-state index in [1.54, 1.807) is 18.2 Å². The van der Waals surface area contributed by atoms with Crippen molar-refractivity contribution in [1.29, 1.82) is 0 Å². The third-order valence-corrected chi connectivity index (χ3v) is 3.87. The van der Waals surface area contributed by atoms with Crippen LogP contribution in [-0.2, 0) is 16.8 Å². The van der Waals surface area contributed by atoms with Gasteiger partial charge in [-0.15, -0.1) is 0 Å². The molecule has 1 aromatic carbocycles. The maximum atomic E-state index is 11.5. The summed E-state index contributed by atoms with van der Waals surface area (Å²) in [5.41, 5.74) is 0.686. The molecule has 0 saturated heterocycles. The summed E-state index contributed by atoms with van der Waals surface area (Å²) in [6.45, 7) is 0.129. The summed E-state index contributed by atoms with van der Waals surface area (Å²) in [5.74, 6) is 0.593. The second kappa shape index (κ2) is 5.68. The fourth-order valence-electron chi connectivity index (χ4n) is 1.18. The molecule has 0 atom stereocenters. The van der Waals surface area contributed by atoms with Crippen LogP contribution in [0.25, 0.3) is 0 Å². The Bertz CT molecular complexity index is 488. The van der Waals surface area contributed by atoms with Gasteiger partial charge in [0.2, 0.25) is 0 Å². The SMILES string of the molecule is COc1ccc(Cl)cc1CNS(=O)(=O)N(C)C. The first kappa shape index (κ1) is 14.2. The summed E-state index contributed by atoms with van der Waals surface area (Å²) < 4.78 is 31.7. The molecule has 7 heteroatoms. The number of rotatable bonds is 5. The average Bonchev–Trinajstić information content (AvgIpc) is 2.26. The van der Waals surface area contributed by atoms with Gasteiger partial charge < -0.3 is 4.74 Å². The van der Waals surface area contributed by atoms with Gasteiger partial charge >= 0.3 is 0 Å². The van der Waals surface area contributed by atoms with Crippen molar-refractivity contribution in [3.05, 3.63) is 28.8 Å². The van der Waals surface area contributed by atoms with Gasteiger partial charge in [-0.05, 0) is 18.2 Å². The molecule has 0 bridgehead atoms. The molecule has 5 nitrogen and oxygen atoms in total. The summed E-state index contributed by atoms with van der Waals surface area (Å²) in [6.07, 6.45) is 0. The molecule has 0 aromatic heterocycles. The number of hydrogen-bond donors (Lipinski definition) is 1. The third-order valence-electron chi connectivity index (χ3n) is 2.17. The minimum absolute atomic E-state index is 0.129. The Labute approximate surface area is 107 Å². The summed E-state index contributed by atoms with van der Waals surface area (Å²) in [6, 6.07) is 5.05. The molecule has 96 valence electrons. The average molecular weight is 279 g/mol. The summed E-state index contributed by atoms with van der Waals surface area (Å²) in [4.78, 5) is 0. The fourth-order valence-corrected chi connectivity index (χ4v) is 1.97. The molecule has 0 unspecified atom stereocenters. The van der Waals surface area contributed by atoms with Gasteiger partial charge in [-0.3, -0.25) is 0 Å². The van der Waals surface area contributed by atoms with Crippen LogP contribution < -0.4 is 9.46 Å². The third kappa shape index (κ3) is 3.85. The molecule has 17 heavy (non-hydrogen) atoms. The first-order valence-corrected chi connectivity index (χ1v) is 6.68. The molecule has 1 aromatic rings. The Morgan fingerprint density at radius 1 is 1.41 bits per heavy atom. The van der Waals surface area contributed by atoms with Gasteiger partial charge in [-0.2, -0.15) is 17.4 Å². The van der Waals surface area contributed by atoms with Crippen LogP contribution in [0.1, 0.15) is 5.56 Å². The highest BCUT2D eigenvalue weighted by molar-refractivity contribution is 7.87. The molecule has 0 saturated carbocycles. The highest BCUT2D eigenvalue weighted by Gasteiger charge is 2.13. The van der Waals surface area contributed by atoms with E-state index in [0.29, 0.717) is 16.3 Å². The zero-order valence-electron chi connectivity index (χ0n) is 9.90. The predicted molar refractivity (Wildman–Crippen MR) is 67.5 cm³/mol. The molecular formula is C10H15ClN2O3S. The Morgan fingerprint density at radius 3 is 2.59 bits per heavy atom. The zero-order chi connectivity index (χ0) is 13.1. The number of halogens is 1. The lowest BCUT2D eigenvalue weighted by molar-refractivity contribution is 0.408. The molecule has 1 rings (SSSR count). The van der Waals surface area contributed by atoms with Crippen molar-refractivity contribution in [2.24, 2.45) is 0 Å². The van der Waals surface area contributed by atoms with Crippen LogP contribution in [0, 0.1) is 0 Å². The van der Waals surface area contributed by atoms with Crippen LogP contribution >= 0.6 is 11.6 Å². The van der Waals surface area contributed by atoms with Gasteiger partial charge in [0.15, 0.2) is 0 Å². The first-order chi connectivity index (χ1) is 7.86. The van der Waals surface area contributed by atoms with Crippen LogP contribution in [0.2, 0.25) is 5.02 Å². The van der Waals surface area contributed by atoms with Crippen molar-refractivity contribution >= 4 is 21.8 Å². The predicted octanol–water partition coefficient (Wildman–Crippen LogP) is 1.24. The van der Waals surface area contributed by atoms with Gasteiger partial charge in [0.1, 0.15) is 5.75 Å². The Kier molecular flexibility index (Phi) is 4.76. The van der Waals surface area contributed by atoms with Crippen LogP contribution in [-0.4, -0.2) is 33.9 Å². The van der Waals surface area contributed by atoms with Crippen molar-refractivity contribution in [3.8, 4) is 5.75 Å². The van der Waals surface area contributed by atoms with E-state index in [1.807, 2.05) is 0 Å². The molecule has 0 heterocycles. The first-order valence-electron chi connectivity index (χ1n) is 4.86. The normalized spacial score (nSPS) is 11.8. The largest absolute Gasteiger partial charge is 0.496 e. The van der Waals surface area contributed by atoms with Crippen molar-refractivity contribution in [1.82, 2.24) is 9.03 Å². The van der Waals surface area contributed by atoms with Crippen molar-refractivity contribution in [2.45, 2.75) is 6.54 Å². The quantitative estimate of drug-likeness (QED) is 0.882. The Hall–Kier alpha value is -0.820. The monoisotopic (exact) mass is 278 g/mol. The van der Waals surface area contributed by atoms with Gasteiger partial charge in [-0.1, -0.05) is 11.6 Å². The molecular weight excluding hydrogens is 264 g/mol. The molecule has 0 spiro atoms. The van der Waals surface area contributed by atoms with Gasteiger partial charge in [0.05, 0.1) is 7.11 Å². The number of nitrogens with zero attached hydrogens (tertiary/aromatic N) is 1. The number of hydrogen-bond acceptors (Lipinski definition) is 3. The molecule has 0 fully saturated rings. The van der Waals surface area contributed by atoms with E-state index in [1.165, 1.54) is 21.2 Å². The molecule has 0 aliphatic carbocycles. The van der Waals surface area contributed by atoms with E-state index >= 15 is 0 Å². The second-order valence-electron chi connectivity index (χ2n) is 3.56. The van der Waals surface area contributed by atoms with E-state index in [9.17, 15) is 8.42 Å². The molecule has 0 amide bonds. The number of methoxy groups -OCH3 is 1. The van der Waals surface area contributed by atoms with Crippen LogP contribution in [0.3, 0.4) is 0 Å². The topological polar surface area (TPSA) is 58.6 Å². The standard InChI is InChI=1S/C10H15ClN2O3S/c1-13(2)17(14,15)12-7-8-6-9(11)4-5-10(8)16-3/h4-6,12H,7H2,1-3H3. The lowest BCUT2D eigenvalue weighted by Crippen LogP contribution is -2.35. The molecule has 0 radical (unpaired) electrons. The maximum Gasteiger partial charge on any atom is 0.279 e.